The summed E-state index contributed by atoms with van der Waals surface area (Å²) in [5, 5.41) is 8.70. The molecule has 0 saturated carbocycles. The van der Waals surface area contributed by atoms with Crippen molar-refractivity contribution in [1.82, 2.24) is 0 Å². The monoisotopic (exact) mass is 249 g/mol. The maximum atomic E-state index is 10.6. The average molecular weight is 249 g/mol. The lowest BCUT2D eigenvalue weighted by atomic mass is 9.97. The molecule has 0 aliphatic rings. The lowest BCUT2D eigenvalue weighted by molar-refractivity contribution is -0.137. The maximum Gasteiger partial charge on any atom is 0.303 e. The molecule has 0 amide bonds. The molecular formula is C15H23NO2. The van der Waals surface area contributed by atoms with Gasteiger partial charge in [-0.2, -0.15) is 0 Å². The van der Waals surface area contributed by atoms with E-state index in [9.17, 15) is 4.79 Å². The number of hydrogen-bond acceptors (Lipinski definition) is 2. The highest BCUT2D eigenvalue weighted by atomic mass is 16.4. The smallest absolute Gasteiger partial charge is 0.303 e. The van der Waals surface area contributed by atoms with Gasteiger partial charge < -0.3 is 10.0 Å². The van der Waals surface area contributed by atoms with E-state index in [4.69, 9.17) is 5.11 Å². The third-order valence-electron chi connectivity index (χ3n) is 3.09. The van der Waals surface area contributed by atoms with Crippen LogP contribution in [0.15, 0.2) is 18.2 Å². The van der Waals surface area contributed by atoms with Crippen LogP contribution < -0.4 is 4.90 Å². The molecule has 1 aromatic carbocycles. The third kappa shape index (κ3) is 4.06. The molecule has 0 aliphatic carbocycles. The van der Waals surface area contributed by atoms with Crippen LogP contribution in [0.4, 0.5) is 5.69 Å². The molecule has 1 rings (SSSR count). The van der Waals surface area contributed by atoms with Gasteiger partial charge in [0.2, 0.25) is 0 Å². The first-order valence-electron chi connectivity index (χ1n) is 6.43. The van der Waals surface area contributed by atoms with Crippen LogP contribution in [0.5, 0.6) is 0 Å². The number of aliphatic carboxylic acids is 1. The lowest BCUT2D eigenvalue weighted by Crippen LogP contribution is -2.12. The molecule has 3 nitrogen and oxygen atoms in total. The Morgan fingerprint density at radius 3 is 2.50 bits per heavy atom. The fourth-order valence-electron chi connectivity index (χ4n) is 2.03. The van der Waals surface area contributed by atoms with Crippen LogP contribution in [0, 0.1) is 0 Å². The van der Waals surface area contributed by atoms with Crippen LogP contribution >= 0.6 is 0 Å². The van der Waals surface area contributed by atoms with Crippen LogP contribution in [0.2, 0.25) is 0 Å². The predicted octanol–water partition coefficient (Wildman–Crippen LogP) is 3.28. The first-order chi connectivity index (χ1) is 8.41. The Morgan fingerprint density at radius 2 is 2.00 bits per heavy atom. The predicted molar refractivity (Wildman–Crippen MR) is 75.4 cm³/mol. The van der Waals surface area contributed by atoms with Crippen molar-refractivity contribution in [2.75, 3.05) is 19.0 Å². The molecule has 0 fully saturated rings. The Morgan fingerprint density at radius 1 is 1.33 bits per heavy atom. The van der Waals surface area contributed by atoms with Crippen LogP contribution in [-0.2, 0) is 11.2 Å². The number of rotatable bonds is 6. The summed E-state index contributed by atoms with van der Waals surface area (Å²) < 4.78 is 0. The summed E-state index contributed by atoms with van der Waals surface area (Å²) in [6.07, 6.45) is 1.75. The number of aryl methyl sites for hydroxylation is 1. The van der Waals surface area contributed by atoms with E-state index >= 15 is 0 Å². The van der Waals surface area contributed by atoms with Gasteiger partial charge in [-0.15, -0.1) is 0 Å². The quantitative estimate of drug-likeness (QED) is 0.841. The molecule has 0 saturated heterocycles. The second-order valence-electron chi connectivity index (χ2n) is 5.18. The third-order valence-corrected chi connectivity index (χ3v) is 3.09. The van der Waals surface area contributed by atoms with Crippen molar-refractivity contribution in [2.24, 2.45) is 0 Å². The van der Waals surface area contributed by atoms with Crippen LogP contribution in [-0.4, -0.2) is 25.2 Å². The highest BCUT2D eigenvalue weighted by Gasteiger charge is 2.08. The summed E-state index contributed by atoms with van der Waals surface area (Å²) >= 11 is 0. The topological polar surface area (TPSA) is 40.5 Å². The van der Waals surface area contributed by atoms with Crippen molar-refractivity contribution < 1.29 is 9.90 Å². The fraction of sp³-hybridized carbons (Fsp3) is 0.533. The highest BCUT2D eigenvalue weighted by molar-refractivity contribution is 5.66. The zero-order valence-corrected chi connectivity index (χ0v) is 11.7. The standard InChI is InChI=1S/C15H23NO2/c1-11(2)12-8-9-14(16(3)4)13(10-12)6-5-7-15(17)18/h8-11H,5-7H2,1-4H3,(H,17,18). The summed E-state index contributed by atoms with van der Waals surface area (Å²) in [7, 11) is 4.04. The maximum absolute atomic E-state index is 10.6. The molecule has 1 aromatic rings. The summed E-state index contributed by atoms with van der Waals surface area (Å²) in [5.41, 5.74) is 3.74. The van der Waals surface area contributed by atoms with Gasteiger partial charge in [-0.1, -0.05) is 26.0 Å². The number of benzene rings is 1. The second-order valence-corrected chi connectivity index (χ2v) is 5.18. The Labute approximate surface area is 109 Å². The SMILES string of the molecule is CC(C)c1ccc(N(C)C)c(CCCC(=O)O)c1. The number of carbonyl (C=O) groups is 1. The molecule has 0 aromatic heterocycles. The minimum absolute atomic E-state index is 0.235. The number of carboxylic acids is 1. The van der Waals surface area contributed by atoms with E-state index in [1.165, 1.54) is 16.8 Å². The molecular weight excluding hydrogens is 226 g/mol. The molecule has 18 heavy (non-hydrogen) atoms. The van der Waals surface area contributed by atoms with Crippen molar-refractivity contribution in [3.63, 3.8) is 0 Å². The van der Waals surface area contributed by atoms with Gasteiger partial charge in [0.15, 0.2) is 0 Å². The molecule has 100 valence electrons. The van der Waals surface area contributed by atoms with Gasteiger partial charge in [-0.3, -0.25) is 4.79 Å². The zero-order chi connectivity index (χ0) is 13.7. The highest BCUT2D eigenvalue weighted by Crippen LogP contribution is 2.25. The number of nitrogens with zero attached hydrogens (tertiary/aromatic N) is 1. The van der Waals surface area contributed by atoms with Crippen molar-refractivity contribution in [1.29, 1.82) is 0 Å². The van der Waals surface area contributed by atoms with E-state index < -0.39 is 5.97 Å². The van der Waals surface area contributed by atoms with Crippen molar-refractivity contribution in [3.05, 3.63) is 29.3 Å². The second kappa shape index (κ2) is 6.43. The molecule has 0 heterocycles. The Hall–Kier alpha value is -1.51. The van der Waals surface area contributed by atoms with Gasteiger partial charge in [0, 0.05) is 26.2 Å². The number of anilines is 1. The van der Waals surface area contributed by atoms with Gasteiger partial charge >= 0.3 is 5.97 Å². The van der Waals surface area contributed by atoms with Gasteiger partial charge in [-0.25, -0.2) is 0 Å². The zero-order valence-electron chi connectivity index (χ0n) is 11.7. The lowest BCUT2D eigenvalue weighted by Gasteiger charge is -2.19. The van der Waals surface area contributed by atoms with Crippen molar-refractivity contribution in [2.45, 2.75) is 39.0 Å². The van der Waals surface area contributed by atoms with Gasteiger partial charge in [0.05, 0.1) is 0 Å². The van der Waals surface area contributed by atoms with E-state index in [2.05, 4.69) is 36.9 Å². The van der Waals surface area contributed by atoms with Crippen LogP contribution in [0.3, 0.4) is 0 Å². The molecule has 1 N–H and O–H groups in total. The molecule has 0 atom stereocenters. The minimum atomic E-state index is -0.721. The number of carboxylic acid groups (broad SMARTS) is 1. The normalized spacial score (nSPS) is 10.7. The molecule has 0 radical (unpaired) electrons. The number of hydrogen-bond donors (Lipinski definition) is 1. The Bertz CT molecular complexity index is 411. The van der Waals surface area contributed by atoms with Gasteiger partial charge in [0.25, 0.3) is 0 Å². The van der Waals surface area contributed by atoms with Crippen LogP contribution in [0.25, 0.3) is 0 Å². The van der Waals surface area contributed by atoms with Gasteiger partial charge in [0.1, 0.15) is 0 Å². The Balaban J connectivity index is 2.89. The van der Waals surface area contributed by atoms with E-state index in [1.807, 2.05) is 14.1 Å². The van der Waals surface area contributed by atoms with Crippen LogP contribution in [0.1, 0.15) is 43.7 Å². The largest absolute Gasteiger partial charge is 0.481 e. The Kier molecular flexibility index (Phi) is 5.20. The first kappa shape index (κ1) is 14.6. The van der Waals surface area contributed by atoms with E-state index in [0.29, 0.717) is 12.3 Å². The fourth-order valence-corrected chi connectivity index (χ4v) is 2.03. The van der Waals surface area contributed by atoms with E-state index in [-0.39, 0.29) is 6.42 Å². The average Bonchev–Trinajstić information content (AvgIpc) is 2.27. The van der Waals surface area contributed by atoms with Crippen molar-refractivity contribution >= 4 is 11.7 Å². The molecule has 0 unspecified atom stereocenters. The first-order valence-corrected chi connectivity index (χ1v) is 6.43. The molecule has 3 heteroatoms. The van der Waals surface area contributed by atoms with Crippen molar-refractivity contribution in [3.8, 4) is 0 Å². The van der Waals surface area contributed by atoms with E-state index in [0.717, 1.165) is 6.42 Å². The van der Waals surface area contributed by atoms with Gasteiger partial charge in [-0.05, 0) is 36.0 Å². The summed E-state index contributed by atoms with van der Waals surface area (Å²) in [6.45, 7) is 4.34. The molecule has 0 bridgehead atoms. The molecule has 0 spiro atoms. The van der Waals surface area contributed by atoms with E-state index in [1.54, 1.807) is 0 Å². The molecule has 0 aliphatic heterocycles. The summed E-state index contributed by atoms with van der Waals surface area (Å²) in [4.78, 5) is 12.7. The minimum Gasteiger partial charge on any atom is -0.481 e. The summed E-state index contributed by atoms with van der Waals surface area (Å²) in [6, 6.07) is 6.49. The summed E-state index contributed by atoms with van der Waals surface area (Å²) in [5.74, 6) is -0.221.